The zero-order valence-corrected chi connectivity index (χ0v) is 14.3. The minimum Gasteiger partial charge on any atom is -0.380 e. The molecule has 2 atom stereocenters. The number of hydrogen-bond donors (Lipinski definition) is 1. The van der Waals surface area contributed by atoms with E-state index in [2.05, 4.69) is 26.1 Å². The first-order chi connectivity index (χ1) is 9.49. The molecule has 0 aliphatic carbocycles. The van der Waals surface area contributed by atoms with E-state index in [4.69, 9.17) is 27.9 Å². The summed E-state index contributed by atoms with van der Waals surface area (Å²) in [6.45, 7) is 7.52. The maximum atomic E-state index is 6.09. The average molecular weight is 318 g/mol. The molecule has 0 saturated carbocycles. The fourth-order valence-corrected chi connectivity index (χ4v) is 2.78. The highest BCUT2D eigenvalue weighted by Crippen LogP contribution is 2.24. The number of hydrogen-bond acceptors (Lipinski definition) is 2. The summed E-state index contributed by atoms with van der Waals surface area (Å²) in [5, 5.41) is 4.79. The molecule has 2 unspecified atom stereocenters. The van der Waals surface area contributed by atoms with Gasteiger partial charge in [-0.25, -0.2) is 0 Å². The van der Waals surface area contributed by atoms with Crippen molar-refractivity contribution in [1.82, 2.24) is 5.32 Å². The van der Waals surface area contributed by atoms with Crippen LogP contribution in [0.15, 0.2) is 18.2 Å². The summed E-state index contributed by atoms with van der Waals surface area (Å²) in [6, 6.07) is 6.10. The van der Waals surface area contributed by atoms with Gasteiger partial charge in [-0.05, 0) is 43.0 Å². The van der Waals surface area contributed by atoms with Crippen molar-refractivity contribution in [3.63, 3.8) is 0 Å². The van der Waals surface area contributed by atoms with E-state index >= 15 is 0 Å². The molecule has 0 heterocycles. The van der Waals surface area contributed by atoms with Gasteiger partial charge in [0.05, 0.1) is 16.1 Å². The van der Waals surface area contributed by atoms with Crippen LogP contribution in [0.25, 0.3) is 0 Å². The fraction of sp³-hybridized carbons (Fsp3) is 0.625. The summed E-state index contributed by atoms with van der Waals surface area (Å²) >= 11 is 12.1. The Hall–Kier alpha value is -0.280. The van der Waals surface area contributed by atoms with E-state index in [1.165, 1.54) is 5.56 Å². The minimum atomic E-state index is 0.177. The van der Waals surface area contributed by atoms with E-state index in [0.29, 0.717) is 16.0 Å². The van der Waals surface area contributed by atoms with Crippen molar-refractivity contribution in [2.24, 2.45) is 5.92 Å². The third-order valence-electron chi connectivity index (χ3n) is 3.42. The topological polar surface area (TPSA) is 21.3 Å². The predicted octanol–water partition coefficient (Wildman–Crippen LogP) is 4.58. The van der Waals surface area contributed by atoms with Gasteiger partial charge >= 0.3 is 0 Å². The first-order valence-corrected chi connectivity index (χ1v) is 7.95. The minimum absolute atomic E-state index is 0.177. The second-order valence-electron chi connectivity index (χ2n) is 5.46. The summed E-state index contributed by atoms with van der Waals surface area (Å²) in [7, 11) is 1.78. The molecule has 4 heteroatoms. The van der Waals surface area contributed by atoms with E-state index in [0.717, 1.165) is 19.4 Å². The Morgan fingerprint density at radius 1 is 1.20 bits per heavy atom. The third-order valence-corrected chi connectivity index (χ3v) is 4.16. The molecule has 114 valence electrons. The van der Waals surface area contributed by atoms with Crippen LogP contribution in [0.2, 0.25) is 10.0 Å². The molecule has 0 aliphatic heterocycles. The summed E-state index contributed by atoms with van der Waals surface area (Å²) in [5.74, 6) is 0.456. The Morgan fingerprint density at radius 2 is 1.90 bits per heavy atom. The Kier molecular flexibility index (Phi) is 7.90. The lowest BCUT2D eigenvalue weighted by molar-refractivity contribution is 0.0332. The van der Waals surface area contributed by atoms with Crippen LogP contribution < -0.4 is 5.32 Å². The molecule has 0 spiro atoms. The molecule has 0 amide bonds. The van der Waals surface area contributed by atoms with E-state index in [-0.39, 0.29) is 12.1 Å². The standard InChI is InChI=1S/C16H25Cl2NO/c1-5-8-19-15(16(20-4)11(2)3)10-12-6-7-13(17)14(18)9-12/h6-7,9,11,15-16,19H,5,8,10H2,1-4H3. The summed E-state index contributed by atoms with van der Waals surface area (Å²) < 4.78 is 5.68. The Bertz CT molecular complexity index is 409. The van der Waals surface area contributed by atoms with Crippen LogP contribution in [-0.2, 0) is 11.2 Å². The van der Waals surface area contributed by atoms with Crippen molar-refractivity contribution < 1.29 is 4.74 Å². The quantitative estimate of drug-likeness (QED) is 0.758. The molecule has 0 fully saturated rings. The third kappa shape index (κ3) is 5.25. The van der Waals surface area contributed by atoms with Crippen molar-refractivity contribution >= 4 is 23.2 Å². The highest BCUT2D eigenvalue weighted by Gasteiger charge is 2.24. The van der Waals surface area contributed by atoms with Gasteiger partial charge in [-0.3, -0.25) is 0 Å². The van der Waals surface area contributed by atoms with Crippen LogP contribution >= 0.6 is 23.2 Å². The Morgan fingerprint density at radius 3 is 2.40 bits per heavy atom. The Labute approximate surface area is 132 Å². The highest BCUT2D eigenvalue weighted by molar-refractivity contribution is 6.42. The normalized spacial score (nSPS) is 14.6. The van der Waals surface area contributed by atoms with Gasteiger partial charge in [-0.1, -0.05) is 50.0 Å². The maximum Gasteiger partial charge on any atom is 0.0750 e. The smallest absolute Gasteiger partial charge is 0.0750 e. The number of halogens is 2. The number of ether oxygens (including phenoxy) is 1. The van der Waals surface area contributed by atoms with E-state index in [9.17, 15) is 0 Å². The van der Waals surface area contributed by atoms with E-state index in [1.807, 2.05) is 18.2 Å². The van der Waals surface area contributed by atoms with E-state index in [1.54, 1.807) is 7.11 Å². The van der Waals surface area contributed by atoms with E-state index < -0.39 is 0 Å². The summed E-state index contributed by atoms with van der Waals surface area (Å²) in [4.78, 5) is 0. The molecule has 0 radical (unpaired) electrons. The second kappa shape index (κ2) is 8.89. The lowest BCUT2D eigenvalue weighted by Crippen LogP contribution is -2.45. The van der Waals surface area contributed by atoms with Crippen molar-refractivity contribution in [1.29, 1.82) is 0 Å². The van der Waals surface area contributed by atoms with Gasteiger partial charge in [0.1, 0.15) is 0 Å². The van der Waals surface area contributed by atoms with Crippen LogP contribution in [0.5, 0.6) is 0 Å². The second-order valence-corrected chi connectivity index (χ2v) is 6.27. The molecule has 0 aromatic heterocycles. The highest BCUT2D eigenvalue weighted by atomic mass is 35.5. The summed E-state index contributed by atoms with van der Waals surface area (Å²) in [5.41, 5.74) is 1.18. The molecule has 0 bridgehead atoms. The van der Waals surface area contributed by atoms with Gasteiger partial charge in [0.25, 0.3) is 0 Å². The molecule has 2 nitrogen and oxygen atoms in total. The molecule has 0 aliphatic rings. The fourth-order valence-electron chi connectivity index (χ4n) is 2.46. The molecule has 20 heavy (non-hydrogen) atoms. The monoisotopic (exact) mass is 317 g/mol. The number of methoxy groups -OCH3 is 1. The van der Waals surface area contributed by atoms with Crippen LogP contribution in [0.4, 0.5) is 0 Å². The predicted molar refractivity (Wildman–Crippen MR) is 87.9 cm³/mol. The number of rotatable bonds is 8. The van der Waals surface area contributed by atoms with Crippen LogP contribution in [0, 0.1) is 5.92 Å². The molecular weight excluding hydrogens is 293 g/mol. The summed E-state index contributed by atoms with van der Waals surface area (Å²) in [6.07, 6.45) is 2.16. The van der Waals surface area contributed by atoms with Crippen molar-refractivity contribution in [2.75, 3.05) is 13.7 Å². The van der Waals surface area contributed by atoms with Crippen LogP contribution in [-0.4, -0.2) is 25.8 Å². The van der Waals surface area contributed by atoms with Crippen molar-refractivity contribution in [3.8, 4) is 0 Å². The molecule has 1 aromatic rings. The van der Waals surface area contributed by atoms with Crippen LogP contribution in [0.3, 0.4) is 0 Å². The molecule has 1 N–H and O–H groups in total. The lowest BCUT2D eigenvalue weighted by Gasteiger charge is -2.30. The lowest BCUT2D eigenvalue weighted by atomic mass is 9.93. The van der Waals surface area contributed by atoms with Gasteiger partial charge in [0.15, 0.2) is 0 Å². The first-order valence-electron chi connectivity index (χ1n) is 7.19. The average Bonchev–Trinajstić information content (AvgIpc) is 2.40. The SMILES string of the molecule is CCCNC(Cc1ccc(Cl)c(Cl)c1)C(OC)C(C)C. The van der Waals surface area contributed by atoms with Crippen LogP contribution in [0.1, 0.15) is 32.8 Å². The van der Waals surface area contributed by atoms with Gasteiger partial charge in [-0.15, -0.1) is 0 Å². The van der Waals surface area contributed by atoms with Gasteiger partial charge in [0.2, 0.25) is 0 Å². The van der Waals surface area contributed by atoms with Gasteiger partial charge in [0, 0.05) is 13.2 Å². The molecule has 1 rings (SSSR count). The molecule has 1 aromatic carbocycles. The zero-order chi connectivity index (χ0) is 15.1. The van der Waals surface area contributed by atoms with Crippen molar-refractivity contribution in [2.45, 2.75) is 45.8 Å². The maximum absolute atomic E-state index is 6.09. The zero-order valence-electron chi connectivity index (χ0n) is 12.7. The largest absolute Gasteiger partial charge is 0.380 e. The van der Waals surface area contributed by atoms with Crippen molar-refractivity contribution in [3.05, 3.63) is 33.8 Å². The number of nitrogens with one attached hydrogen (secondary N) is 1. The molecular formula is C16H25Cl2NO. The molecule has 0 saturated heterocycles. The first kappa shape index (κ1) is 17.8. The Balaban J connectivity index is 2.84. The van der Waals surface area contributed by atoms with Gasteiger partial charge < -0.3 is 10.1 Å². The van der Waals surface area contributed by atoms with Gasteiger partial charge in [-0.2, -0.15) is 0 Å². The number of benzene rings is 1.